The summed E-state index contributed by atoms with van der Waals surface area (Å²) in [5.41, 5.74) is 0.620. The van der Waals surface area contributed by atoms with Crippen molar-refractivity contribution in [3.63, 3.8) is 0 Å². The normalized spacial score (nSPS) is 15.6. The average Bonchev–Trinajstić information content (AvgIpc) is 2.53. The van der Waals surface area contributed by atoms with E-state index in [1.807, 2.05) is 0 Å². The summed E-state index contributed by atoms with van der Waals surface area (Å²) in [4.78, 5) is 22.4. The van der Waals surface area contributed by atoms with Crippen molar-refractivity contribution in [2.24, 2.45) is 0 Å². The van der Waals surface area contributed by atoms with Gasteiger partial charge in [-0.25, -0.2) is 0 Å². The van der Waals surface area contributed by atoms with Gasteiger partial charge in [-0.1, -0.05) is 30.3 Å². The summed E-state index contributed by atoms with van der Waals surface area (Å²) in [5, 5.41) is 9.64. The molecule has 0 aliphatic carbocycles. The van der Waals surface area contributed by atoms with Crippen LogP contribution in [0.3, 0.4) is 0 Å². The van der Waals surface area contributed by atoms with E-state index in [1.165, 1.54) is 6.92 Å². The fourth-order valence-corrected chi connectivity index (χ4v) is 4.23. The van der Waals surface area contributed by atoms with Crippen LogP contribution < -0.4 is 0 Å². The van der Waals surface area contributed by atoms with Gasteiger partial charge >= 0.3 is 12.9 Å². The molecule has 2 atom stereocenters. The van der Waals surface area contributed by atoms with E-state index in [4.69, 9.17) is 9.05 Å². The van der Waals surface area contributed by atoms with Crippen LogP contribution in [0.25, 0.3) is 0 Å². The van der Waals surface area contributed by atoms with Crippen LogP contribution in [0.1, 0.15) is 38.7 Å². The van der Waals surface area contributed by atoms with Gasteiger partial charge in [-0.3, -0.25) is 14.7 Å². The number of carbonyl (C=O) groups is 1. The second-order valence-corrected chi connectivity index (χ2v) is 7.64. The highest BCUT2D eigenvalue weighted by Gasteiger charge is 2.59. The Labute approximate surface area is 135 Å². The van der Waals surface area contributed by atoms with Crippen molar-refractivity contribution < 1.29 is 23.3 Å². The van der Waals surface area contributed by atoms with Crippen LogP contribution in [0.5, 0.6) is 0 Å². The number of carbonyl (C=O) groups excluding carboxylic acids is 1. The Morgan fingerprint density at radius 2 is 1.78 bits per heavy atom. The summed E-state index contributed by atoms with van der Waals surface area (Å²) in [7, 11) is -4.04. The molecule has 0 aliphatic rings. The van der Waals surface area contributed by atoms with E-state index in [0.29, 0.717) is 11.8 Å². The third-order valence-electron chi connectivity index (χ3n) is 3.58. The van der Waals surface area contributed by atoms with E-state index in [1.54, 1.807) is 44.2 Å². The van der Waals surface area contributed by atoms with E-state index in [9.17, 15) is 19.5 Å². The summed E-state index contributed by atoms with van der Waals surface area (Å²) >= 11 is 0. The Morgan fingerprint density at radius 3 is 2.17 bits per heavy atom. The first-order chi connectivity index (χ1) is 10.8. The van der Waals surface area contributed by atoms with Crippen molar-refractivity contribution in [1.82, 2.24) is 0 Å². The maximum absolute atomic E-state index is 13.0. The van der Waals surface area contributed by atoms with Gasteiger partial charge in [0.25, 0.3) is 0 Å². The minimum atomic E-state index is -4.04. The highest BCUT2D eigenvalue weighted by Crippen LogP contribution is 2.62. The molecule has 0 aliphatic heterocycles. The molecular weight excluding hydrogens is 321 g/mol. The highest BCUT2D eigenvalue weighted by atomic mass is 31.2. The second-order valence-electron chi connectivity index (χ2n) is 5.16. The van der Waals surface area contributed by atoms with Crippen LogP contribution in [0.4, 0.5) is 0 Å². The fourth-order valence-electron chi connectivity index (χ4n) is 2.30. The molecule has 7 nitrogen and oxygen atoms in total. The van der Waals surface area contributed by atoms with E-state index in [-0.39, 0.29) is 19.6 Å². The van der Waals surface area contributed by atoms with Gasteiger partial charge in [0.15, 0.2) is 0 Å². The standard InChI is InChI=1S/C15H22NO6P/c1-4-21-23(20,22-5-2)15(3,16(18)19)11-14(12-17)13-9-7-6-8-10-13/h6-10,12,14H,4-5,11H2,1-3H3. The summed E-state index contributed by atoms with van der Waals surface area (Å²) < 4.78 is 23.3. The quantitative estimate of drug-likeness (QED) is 0.279. The van der Waals surface area contributed by atoms with Crippen LogP contribution >= 0.6 is 7.60 Å². The molecule has 0 saturated carbocycles. The first-order valence-corrected chi connectivity index (χ1v) is 8.92. The van der Waals surface area contributed by atoms with Crippen molar-refractivity contribution >= 4 is 13.9 Å². The van der Waals surface area contributed by atoms with Gasteiger partial charge in [0.1, 0.15) is 6.29 Å². The molecule has 128 valence electrons. The predicted molar refractivity (Wildman–Crippen MR) is 86.1 cm³/mol. The molecule has 0 bridgehead atoms. The van der Waals surface area contributed by atoms with Gasteiger partial charge in [-0.05, 0) is 19.4 Å². The number of hydrogen-bond acceptors (Lipinski definition) is 6. The van der Waals surface area contributed by atoms with Crippen LogP contribution in [0.15, 0.2) is 30.3 Å². The monoisotopic (exact) mass is 343 g/mol. The number of hydrogen-bond donors (Lipinski definition) is 0. The molecule has 1 rings (SSSR count). The number of nitro groups is 1. The van der Waals surface area contributed by atoms with Gasteiger partial charge in [-0.15, -0.1) is 0 Å². The number of benzene rings is 1. The lowest BCUT2D eigenvalue weighted by atomic mass is 9.94. The molecule has 1 aromatic rings. The van der Waals surface area contributed by atoms with E-state index < -0.39 is 23.7 Å². The molecule has 2 unspecified atom stereocenters. The third kappa shape index (κ3) is 4.25. The Balaban J connectivity index is 3.25. The molecule has 0 amide bonds. The first-order valence-electron chi connectivity index (χ1n) is 7.38. The van der Waals surface area contributed by atoms with Crippen molar-refractivity contribution in [3.05, 3.63) is 46.0 Å². The first kappa shape index (κ1) is 19.5. The van der Waals surface area contributed by atoms with Crippen molar-refractivity contribution in [2.45, 2.75) is 38.4 Å². The van der Waals surface area contributed by atoms with Gasteiger partial charge in [0, 0.05) is 24.2 Å². The van der Waals surface area contributed by atoms with Crippen LogP contribution in [-0.2, 0) is 18.4 Å². The van der Waals surface area contributed by atoms with E-state index in [0.717, 1.165) is 0 Å². The lowest BCUT2D eigenvalue weighted by molar-refractivity contribution is -0.541. The van der Waals surface area contributed by atoms with Gasteiger partial charge in [-0.2, -0.15) is 0 Å². The topological polar surface area (TPSA) is 95.7 Å². The lowest BCUT2D eigenvalue weighted by Crippen LogP contribution is -2.38. The van der Waals surface area contributed by atoms with Gasteiger partial charge < -0.3 is 13.8 Å². The minimum Gasteiger partial charge on any atom is -0.304 e. The zero-order chi connectivity index (χ0) is 17.5. The van der Waals surface area contributed by atoms with Crippen LogP contribution in [0, 0.1) is 10.1 Å². The summed E-state index contributed by atoms with van der Waals surface area (Å²) in [5.74, 6) is -0.777. The lowest BCUT2D eigenvalue weighted by Gasteiger charge is -2.30. The summed E-state index contributed by atoms with van der Waals surface area (Å²) in [6.45, 7) is 4.40. The Kier molecular flexibility index (Phi) is 7.06. The minimum absolute atomic E-state index is 0.0117. The molecule has 23 heavy (non-hydrogen) atoms. The smallest absolute Gasteiger partial charge is 0.304 e. The second kappa shape index (κ2) is 8.34. The van der Waals surface area contributed by atoms with Gasteiger partial charge in [0.2, 0.25) is 0 Å². The molecule has 0 N–H and O–H groups in total. The fraction of sp³-hybridized carbons (Fsp3) is 0.533. The van der Waals surface area contributed by atoms with Crippen LogP contribution in [-0.4, -0.2) is 29.7 Å². The SMILES string of the molecule is CCOP(=O)(OCC)C(C)(CC(C=O)c1ccccc1)[N+](=O)[O-]. The zero-order valence-corrected chi connectivity index (χ0v) is 14.4. The van der Waals surface area contributed by atoms with Crippen molar-refractivity contribution in [3.8, 4) is 0 Å². The summed E-state index contributed by atoms with van der Waals surface area (Å²) in [6, 6.07) is 8.65. The zero-order valence-electron chi connectivity index (χ0n) is 13.5. The van der Waals surface area contributed by atoms with Crippen LogP contribution in [0.2, 0.25) is 0 Å². The Hall–Kier alpha value is -1.56. The molecule has 0 radical (unpaired) electrons. The van der Waals surface area contributed by atoms with Crippen molar-refractivity contribution in [2.75, 3.05) is 13.2 Å². The van der Waals surface area contributed by atoms with Gasteiger partial charge in [0.05, 0.1) is 13.2 Å². The average molecular weight is 343 g/mol. The number of nitrogens with zero attached hydrogens (tertiary/aromatic N) is 1. The molecule has 8 heteroatoms. The molecule has 0 fully saturated rings. The molecule has 0 saturated heterocycles. The Morgan fingerprint density at radius 1 is 1.26 bits per heavy atom. The van der Waals surface area contributed by atoms with E-state index >= 15 is 0 Å². The largest absolute Gasteiger partial charge is 0.406 e. The predicted octanol–water partition coefficient (Wildman–Crippen LogP) is 3.62. The highest BCUT2D eigenvalue weighted by molar-refractivity contribution is 7.55. The van der Waals surface area contributed by atoms with E-state index in [2.05, 4.69) is 0 Å². The Bertz CT molecular complexity index is 569. The maximum atomic E-state index is 13.0. The molecule has 0 heterocycles. The van der Waals surface area contributed by atoms with Crippen molar-refractivity contribution in [1.29, 1.82) is 0 Å². The number of rotatable bonds is 10. The maximum Gasteiger partial charge on any atom is 0.406 e. The molecule has 0 spiro atoms. The molecule has 1 aromatic carbocycles. The molecular formula is C15H22NO6P. The number of aldehydes is 1. The molecule has 0 aromatic heterocycles. The third-order valence-corrected chi connectivity index (χ3v) is 6.30. The summed E-state index contributed by atoms with van der Waals surface area (Å²) in [6.07, 6.45) is 0.351.